The lowest BCUT2D eigenvalue weighted by molar-refractivity contribution is -0.384. The van der Waals surface area contributed by atoms with Gasteiger partial charge in [-0.3, -0.25) is 19.8 Å². The zero-order chi connectivity index (χ0) is 17.1. The zero-order valence-electron chi connectivity index (χ0n) is 13.0. The van der Waals surface area contributed by atoms with Crippen LogP contribution in [0.2, 0.25) is 0 Å². The van der Waals surface area contributed by atoms with E-state index in [9.17, 15) is 20.0 Å². The Kier molecular flexibility index (Phi) is 4.57. The third kappa shape index (κ3) is 3.44. The second-order valence-electron chi connectivity index (χ2n) is 6.08. The number of carboxylic acids is 1. The van der Waals surface area contributed by atoms with E-state index in [1.807, 2.05) is 30.3 Å². The number of nitro groups is 1. The first-order valence-electron chi connectivity index (χ1n) is 7.78. The van der Waals surface area contributed by atoms with Gasteiger partial charge in [0.1, 0.15) is 0 Å². The molecule has 1 unspecified atom stereocenters. The smallest absolute Gasteiger partial charge is 0.308 e. The Morgan fingerprint density at radius 2 is 1.92 bits per heavy atom. The van der Waals surface area contributed by atoms with Crippen molar-refractivity contribution in [3.63, 3.8) is 0 Å². The van der Waals surface area contributed by atoms with Crippen LogP contribution in [-0.2, 0) is 11.3 Å². The van der Waals surface area contributed by atoms with Crippen LogP contribution in [0.3, 0.4) is 0 Å². The lowest BCUT2D eigenvalue weighted by Gasteiger charge is -2.16. The average Bonchev–Trinajstić information content (AvgIpc) is 3.00. The average molecular weight is 326 g/mol. The molecule has 1 N–H and O–H groups in total. The number of likely N-dealkylation sites (tertiary alicyclic amines) is 1. The third-order valence-electron chi connectivity index (χ3n) is 4.47. The molecule has 0 saturated carbocycles. The summed E-state index contributed by atoms with van der Waals surface area (Å²) in [5, 5.41) is 20.5. The number of nitrogens with zero attached hydrogens (tertiary/aromatic N) is 2. The van der Waals surface area contributed by atoms with Crippen molar-refractivity contribution in [2.75, 3.05) is 13.1 Å². The Morgan fingerprint density at radius 1 is 1.17 bits per heavy atom. The number of non-ortho nitro benzene ring substituents is 1. The third-order valence-corrected chi connectivity index (χ3v) is 4.47. The van der Waals surface area contributed by atoms with E-state index in [0.717, 1.165) is 5.56 Å². The maximum atomic E-state index is 11.6. The van der Waals surface area contributed by atoms with Gasteiger partial charge in [-0.1, -0.05) is 42.5 Å². The normalized spacial score (nSPS) is 20.8. The van der Waals surface area contributed by atoms with Gasteiger partial charge in [0.15, 0.2) is 0 Å². The van der Waals surface area contributed by atoms with Gasteiger partial charge in [-0.05, 0) is 11.1 Å². The molecule has 2 aromatic carbocycles. The van der Waals surface area contributed by atoms with Crippen molar-refractivity contribution in [3.05, 3.63) is 75.8 Å². The predicted octanol–water partition coefficient (Wildman–Crippen LogP) is 2.90. The summed E-state index contributed by atoms with van der Waals surface area (Å²) in [6.07, 6.45) is 0. The van der Waals surface area contributed by atoms with Gasteiger partial charge in [0, 0.05) is 37.7 Å². The van der Waals surface area contributed by atoms with E-state index < -0.39 is 16.8 Å². The molecule has 1 aliphatic heterocycles. The first kappa shape index (κ1) is 16.1. The lowest BCUT2D eigenvalue weighted by atomic mass is 9.89. The molecule has 1 heterocycles. The van der Waals surface area contributed by atoms with Gasteiger partial charge in [-0.25, -0.2) is 0 Å². The van der Waals surface area contributed by atoms with Crippen LogP contribution in [0.25, 0.3) is 0 Å². The number of hydrogen-bond acceptors (Lipinski definition) is 4. The summed E-state index contributed by atoms with van der Waals surface area (Å²) >= 11 is 0. The van der Waals surface area contributed by atoms with Gasteiger partial charge in [0.25, 0.3) is 5.69 Å². The number of rotatable bonds is 5. The predicted molar refractivity (Wildman–Crippen MR) is 88.7 cm³/mol. The number of nitro benzene ring substituents is 1. The molecule has 0 aliphatic carbocycles. The minimum absolute atomic E-state index is 0.00171. The van der Waals surface area contributed by atoms with Crippen LogP contribution in [0.4, 0.5) is 5.69 Å². The number of carboxylic acid groups (broad SMARTS) is 1. The molecule has 1 fully saturated rings. The molecule has 0 amide bonds. The van der Waals surface area contributed by atoms with Gasteiger partial charge >= 0.3 is 5.97 Å². The molecule has 24 heavy (non-hydrogen) atoms. The molecule has 0 aromatic heterocycles. The van der Waals surface area contributed by atoms with Gasteiger partial charge in [-0.2, -0.15) is 0 Å². The van der Waals surface area contributed by atoms with E-state index in [2.05, 4.69) is 4.90 Å². The van der Waals surface area contributed by atoms with Gasteiger partial charge < -0.3 is 5.11 Å². The molecular formula is C18H18N2O4. The fraction of sp³-hybridized carbons (Fsp3) is 0.278. The molecular weight excluding hydrogens is 308 g/mol. The zero-order valence-corrected chi connectivity index (χ0v) is 13.0. The van der Waals surface area contributed by atoms with Crippen molar-refractivity contribution in [2.45, 2.75) is 12.5 Å². The Bertz CT molecular complexity index is 748. The van der Waals surface area contributed by atoms with E-state index >= 15 is 0 Å². The van der Waals surface area contributed by atoms with Crippen LogP contribution in [0.15, 0.2) is 54.6 Å². The molecule has 3 rings (SSSR count). The second kappa shape index (κ2) is 6.80. The van der Waals surface area contributed by atoms with Crippen LogP contribution in [0, 0.1) is 16.0 Å². The summed E-state index contributed by atoms with van der Waals surface area (Å²) in [5.74, 6) is -1.66. The largest absolute Gasteiger partial charge is 0.481 e. The standard InChI is InChI=1S/C18H18N2O4/c21-18(22)17-12-19(10-13-5-2-1-3-6-13)11-16(17)14-7-4-8-15(9-14)20(23)24/h1-9,16-17H,10-12H2,(H,21,22)/t16?,17-/m0/s1. The maximum absolute atomic E-state index is 11.6. The first-order chi connectivity index (χ1) is 11.5. The number of aliphatic carboxylic acids is 1. The molecule has 124 valence electrons. The van der Waals surface area contributed by atoms with Crippen molar-refractivity contribution < 1.29 is 14.8 Å². The van der Waals surface area contributed by atoms with Crippen LogP contribution >= 0.6 is 0 Å². The van der Waals surface area contributed by atoms with Crippen molar-refractivity contribution >= 4 is 11.7 Å². The molecule has 6 nitrogen and oxygen atoms in total. The van der Waals surface area contributed by atoms with Gasteiger partial charge in [0.2, 0.25) is 0 Å². The first-order valence-corrected chi connectivity index (χ1v) is 7.78. The SMILES string of the molecule is O=C(O)[C@H]1CN(Cc2ccccc2)CC1c1cccc([N+](=O)[O-])c1. The lowest BCUT2D eigenvalue weighted by Crippen LogP contribution is -2.23. The summed E-state index contributed by atoms with van der Waals surface area (Å²) in [6.45, 7) is 1.70. The highest BCUT2D eigenvalue weighted by atomic mass is 16.6. The van der Waals surface area contributed by atoms with Crippen LogP contribution in [-0.4, -0.2) is 34.0 Å². The van der Waals surface area contributed by atoms with Crippen molar-refractivity contribution in [3.8, 4) is 0 Å². The topological polar surface area (TPSA) is 83.7 Å². The summed E-state index contributed by atoms with van der Waals surface area (Å²) in [4.78, 5) is 24.3. The molecule has 6 heteroatoms. The minimum Gasteiger partial charge on any atom is -0.481 e. The summed E-state index contributed by atoms with van der Waals surface area (Å²) in [6, 6.07) is 16.2. The van der Waals surface area contributed by atoms with E-state index in [1.165, 1.54) is 12.1 Å². The highest BCUT2D eigenvalue weighted by Gasteiger charge is 2.38. The molecule has 2 aromatic rings. The number of benzene rings is 2. The highest BCUT2D eigenvalue weighted by molar-refractivity contribution is 5.72. The molecule has 2 atom stereocenters. The van der Waals surface area contributed by atoms with E-state index in [4.69, 9.17) is 0 Å². The van der Waals surface area contributed by atoms with E-state index in [1.54, 1.807) is 12.1 Å². The number of hydrogen-bond donors (Lipinski definition) is 1. The Balaban J connectivity index is 1.82. The molecule has 1 aliphatic rings. The van der Waals surface area contributed by atoms with Crippen LogP contribution in [0.1, 0.15) is 17.0 Å². The van der Waals surface area contributed by atoms with Crippen LogP contribution in [0.5, 0.6) is 0 Å². The summed E-state index contributed by atoms with van der Waals surface area (Å²) in [5.41, 5.74) is 1.84. The van der Waals surface area contributed by atoms with Gasteiger partial charge in [-0.15, -0.1) is 0 Å². The van der Waals surface area contributed by atoms with Crippen molar-refractivity contribution in [2.24, 2.45) is 5.92 Å². The van der Waals surface area contributed by atoms with Crippen molar-refractivity contribution in [1.82, 2.24) is 4.90 Å². The Hall–Kier alpha value is -2.73. The Labute approximate surface area is 139 Å². The van der Waals surface area contributed by atoms with Crippen molar-refractivity contribution in [1.29, 1.82) is 0 Å². The highest BCUT2D eigenvalue weighted by Crippen LogP contribution is 2.35. The fourth-order valence-corrected chi connectivity index (χ4v) is 3.31. The summed E-state index contributed by atoms with van der Waals surface area (Å²) in [7, 11) is 0. The summed E-state index contributed by atoms with van der Waals surface area (Å²) < 4.78 is 0. The fourth-order valence-electron chi connectivity index (χ4n) is 3.31. The van der Waals surface area contributed by atoms with E-state index in [-0.39, 0.29) is 11.6 Å². The second-order valence-corrected chi connectivity index (χ2v) is 6.08. The quantitative estimate of drug-likeness (QED) is 0.674. The molecule has 1 saturated heterocycles. The molecule has 0 radical (unpaired) electrons. The molecule has 0 spiro atoms. The van der Waals surface area contributed by atoms with Crippen LogP contribution < -0.4 is 0 Å². The maximum Gasteiger partial charge on any atom is 0.308 e. The Morgan fingerprint density at radius 3 is 2.58 bits per heavy atom. The van der Waals surface area contributed by atoms with E-state index in [0.29, 0.717) is 25.2 Å². The minimum atomic E-state index is -0.859. The number of carbonyl (C=O) groups is 1. The van der Waals surface area contributed by atoms with Gasteiger partial charge in [0.05, 0.1) is 10.8 Å². The molecule has 0 bridgehead atoms. The monoisotopic (exact) mass is 326 g/mol.